The third-order valence-corrected chi connectivity index (χ3v) is 4.70. The molecule has 1 aromatic heterocycles. The number of nitrogens with one attached hydrogen (secondary N) is 1. The third-order valence-electron chi connectivity index (χ3n) is 4.70. The maximum absolute atomic E-state index is 14.0. The van der Waals surface area contributed by atoms with Gasteiger partial charge >= 0.3 is 0 Å². The summed E-state index contributed by atoms with van der Waals surface area (Å²) in [4.78, 5) is 22.0. The van der Waals surface area contributed by atoms with Gasteiger partial charge in [0.25, 0.3) is 5.56 Å². The Hall–Kier alpha value is -3.13. The average molecular weight is 401 g/mol. The van der Waals surface area contributed by atoms with E-state index in [1.807, 2.05) is 17.9 Å². The molecule has 3 rings (SSSR count). The van der Waals surface area contributed by atoms with Gasteiger partial charge in [0.2, 0.25) is 0 Å². The van der Waals surface area contributed by atoms with E-state index in [2.05, 4.69) is 9.97 Å². The van der Waals surface area contributed by atoms with E-state index < -0.39 is 5.82 Å². The van der Waals surface area contributed by atoms with Gasteiger partial charge in [-0.1, -0.05) is 13.0 Å². The Kier molecular flexibility index (Phi) is 6.33. The topological polar surface area (TPSA) is 76.7 Å². The first-order valence-corrected chi connectivity index (χ1v) is 9.18. The maximum atomic E-state index is 14.0. The van der Waals surface area contributed by atoms with Crippen molar-refractivity contribution in [2.24, 2.45) is 0 Å². The maximum Gasteiger partial charge on any atom is 0.258 e. The van der Waals surface area contributed by atoms with Crippen LogP contribution in [0.15, 0.2) is 35.1 Å². The predicted molar refractivity (Wildman–Crippen MR) is 108 cm³/mol. The minimum atomic E-state index is -0.403. The number of rotatable bonds is 8. The fraction of sp³-hybridized carbons (Fsp3) is 0.333. The van der Waals surface area contributed by atoms with Crippen molar-refractivity contribution in [3.63, 3.8) is 0 Å². The second-order valence-electron chi connectivity index (χ2n) is 6.51. The van der Waals surface area contributed by atoms with Crippen LogP contribution in [-0.4, -0.2) is 42.7 Å². The fourth-order valence-electron chi connectivity index (χ4n) is 3.15. The lowest BCUT2D eigenvalue weighted by atomic mass is 10.2. The van der Waals surface area contributed by atoms with Crippen molar-refractivity contribution in [1.29, 1.82) is 0 Å². The molecule has 0 unspecified atom stereocenters. The molecule has 29 heavy (non-hydrogen) atoms. The first-order chi connectivity index (χ1) is 14.0. The van der Waals surface area contributed by atoms with Crippen LogP contribution >= 0.6 is 0 Å². The van der Waals surface area contributed by atoms with Gasteiger partial charge in [0.15, 0.2) is 23.1 Å². The van der Waals surface area contributed by atoms with Gasteiger partial charge in [-0.25, -0.2) is 9.37 Å². The number of benzene rings is 2. The molecule has 0 radical (unpaired) electrons. The van der Waals surface area contributed by atoms with Crippen molar-refractivity contribution in [3.05, 3.63) is 57.9 Å². The molecule has 0 fully saturated rings. The lowest BCUT2D eigenvalue weighted by Gasteiger charge is -2.20. The first-order valence-electron chi connectivity index (χ1n) is 9.18. The van der Waals surface area contributed by atoms with Gasteiger partial charge in [0.05, 0.1) is 38.8 Å². The summed E-state index contributed by atoms with van der Waals surface area (Å²) in [6.45, 7) is 3.60. The summed E-state index contributed by atoms with van der Waals surface area (Å²) in [7, 11) is 4.48. The van der Waals surface area contributed by atoms with Gasteiger partial charge in [-0.05, 0) is 30.3 Å². The number of ether oxygens (including phenoxy) is 3. The molecule has 7 nitrogen and oxygen atoms in total. The largest absolute Gasteiger partial charge is 0.494 e. The van der Waals surface area contributed by atoms with Crippen LogP contribution in [0.25, 0.3) is 10.9 Å². The van der Waals surface area contributed by atoms with Crippen molar-refractivity contribution in [2.75, 3.05) is 27.9 Å². The smallest absolute Gasteiger partial charge is 0.258 e. The highest BCUT2D eigenvalue weighted by atomic mass is 19.1. The van der Waals surface area contributed by atoms with E-state index in [1.54, 1.807) is 18.2 Å². The van der Waals surface area contributed by atoms with E-state index in [4.69, 9.17) is 14.2 Å². The van der Waals surface area contributed by atoms with Crippen LogP contribution in [-0.2, 0) is 13.1 Å². The molecule has 0 aliphatic carbocycles. The van der Waals surface area contributed by atoms with Gasteiger partial charge in [-0.3, -0.25) is 9.69 Å². The summed E-state index contributed by atoms with van der Waals surface area (Å²) < 4.78 is 29.5. The zero-order valence-electron chi connectivity index (χ0n) is 16.9. The average Bonchev–Trinajstić information content (AvgIpc) is 2.72. The van der Waals surface area contributed by atoms with Gasteiger partial charge in [-0.15, -0.1) is 0 Å². The van der Waals surface area contributed by atoms with E-state index in [9.17, 15) is 9.18 Å². The Morgan fingerprint density at radius 2 is 1.69 bits per heavy atom. The molecule has 0 saturated heterocycles. The van der Waals surface area contributed by atoms with Crippen LogP contribution < -0.4 is 19.8 Å². The molecule has 8 heteroatoms. The Bertz CT molecular complexity index is 1070. The molecule has 3 aromatic rings. The molecule has 0 atom stereocenters. The zero-order valence-corrected chi connectivity index (χ0v) is 16.9. The highest BCUT2D eigenvalue weighted by Crippen LogP contribution is 2.30. The second kappa shape index (κ2) is 8.91. The Morgan fingerprint density at radius 3 is 2.31 bits per heavy atom. The second-order valence-corrected chi connectivity index (χ2v) is 6.51. The molecule has 1 N–H and O–H groups in total. The molecule has 0 spiro atoms. The molecule has 0 saturated carbocycles. The summed E-state index contributed by atoms with van der Waals surface area (Å²) in [5, 5.41) is 0.423. The van der Waals surface area contributed by atoms with Gasteiger partial charge < -0.3 is 19.2 Å². The summed E-state index contributed by atoms with van der Waals surface area (Å²) in [6, 6.07) is 8.17. The first kappa shape index (κ1) is 20.6. The highest BCUT2D eigenvalue weighted by Gasteiger charge is 2.13. The molecule has 154 valence electrons. The number of hydrogen-bond donors (Lipinski definition) is 1. The molecule has 0 aliphatic rings. The molecular weight excluding hydrogens is 377 g/mol. The van der Waals surface area contributed by atoms with Gasteiger partial charge in [-0.2, -0.15) is 0 Å². The standard InChI is InChI=1S/C21H24FN3O4/c1-5-25(11-13-6-7-17(27-2)15(22)8-13)12-20-23-16-10-19(29-4)18(28-3)9-14(16)21(26)24-20/h6-10H,5,11-12H2,1-4H3,(H,23,24,26). The van der Waals surface area contributed by atoms with E-state index in [0.29, 0.717) is 47.9 Å². The number of aromatic nitrogens is 2. The third kappa shape index (κ3) is 4.48. The summed E-state index contributed by atoms with van der Waals surface area (Å²) >= 11 is 0. The number of nitrogens with zero attached hydrogens (tertiary/aromatic N) is 2. The predicted octanol–water partition coefficient (Wildman–Crippen LogP) is 3.11. The van der Waals surface area contributed by atoms with Crippen molar-refractivity contribution in [2.45, 2.75) is 20.0 Å². The van der Waals surface area contributed by atoms with Crippen LogP contribution in [0.2, 0.25) is 0 Å². The van der Waals surface area contributed by atoms with Crippen LogP contribution in [0.1, 0.15) is 18.3 Å². The van der Waals surface area contributed by atoms with E-state index >= 15 is 0 Å². The minimum absolute atomic E-state index is 0.210. The summed E-state index contributed by atoms with van der Waals surface area (Å²) in [5.41, 5.74) is 1.07. The summed E-state index contributed by atoms with van der Waals surface area (Å²) in [5.74, 6) is 1.30. The minimum Gasteiger partial charge on any atom is -0.494 e. The van der Waals surface area contributed by atoms with Gasteiger partial charge in [0.1, 0.15) is 5.82 Å². The van der Waals surface area contributed by atoms with E-state index in [-0.39, 0.29) is 11.3 Å². The highest BCUT2D eigenvalue weighted by molar-refractivity contribution is 5.81. The van der Waals surface area contributed by atoms with Crippen molar-refractivity contribution < 1.29 is 18.6 Å². The molecule has 2 aromatic carbocycles. The number of halogens is 1. The monoisotopic (exact) mass is 401 g/mol. The number of H-pyrrole nitrogens is 1. The Morgan fingerprint density at radius 1 is 1.00 bits per heavy atom. The molecule has 1 heterocycles. The van der Waals surface area contributed by atoms with Crippen LogP contribution in [0.5, 0.6) is 17.2 Å². The molecular formula is C21H24FN3O4. The van der Waals surface area contributed by atoms with E-state index in [0.717, 1.165) is 5.56 Å². The van der Waals surface area contributed by atoms with Crippen molar-refractivity contribution in [1.82, 2.24) is 14.9 Å². The van der Waals surface area contributed by atoms with Crippen molar-refractivity contribution >= 4 is 10.9 Å². The number of fused-ring (bicyclic) bond motifs is 1. The van der Waals surface area contributed by atoms with E-state index in [1.165, 1.54) is 27.4 Å². The SMILES string of the molecule is CCN(Cc1ccc(OC)c(F)c1)Cc1nc2cc(OC)c(OC)cc2c(=O)[nH]1. The molecule has 0 amide bonds. The van der Waals surface area contributed by atoms with Crippen LogP contribution in [0, 0.1) is 5.82 Å². The number of hydrogen-bond acceptors (Lipinski definition) is 6. The zero-order chi connectivity index (χ0) is 21.0. The number of aromatic amines is 1. The number of methoxy groups -OCH3 is 3. The Balaban J connectivity index is 1.87. The lowest BCUT2D eigenvalue weighted by Crippen LogP contribution is -2.25. The lowest BCUT2D eigenvalue weighted by molar-refractivity contribution is 0.264. The Labute approximate surface area is 168 Å². The summed E-state index contributed by atoms with van der Waals surface area (Å²) in [6.07, 6.45) is 0. The van der Waals surface area contributed by atoms with Crippen molar-refractivity contribution in [3.8, 4) is 17.2 Å². The van der Waals surface area contributed by atoms with Crippen LogP contribution in [0.4, 0.5) is 4.39 Å². The fourth-order valence-corrected chi connectivity index (χ4v) is 3.15. The molecule has 0 bridgehead atoms. The van der Waals surface area contributed by atoms with Crippen LogP contribution in [0.3, 0.4) is 0 Å². The normalized spacial score (nSPS) is 11.1. The molecule has 0 aliphatic heterocycles. The van der Waals surface area contributed by atoms with Gasteiger partial charge in [0, 0.05) is 12.6 Å². The quantitative estimate of drug-likeness (QED) is 0.625.